The van der Waals surface area contributed by atoms with Gasteiger partial charge in [0.15, 0.2) is 0 Å². The molecule has 0 aliphatic heterocycles. The van der Waals surface area contributed by atoms with E-state index in [-0.39, 0.29) is 34.5 Å². The van der Waals surface area contributed by atoms with E-state index in [4.69, 9.17) is 4.52 Å². The molecule has 1 fully saturated rings. The first kappa shape index (κ1) is 12.2. The minimum atomic E-state index is -2.25. The summed E-state index contributed by atoms with van der Waals surface area (Å²) in [4.78, 5) is 4.08. The summed E-state index contributed by atoms with van der Waals surface area (Å²) in [6.45, 7) is 0. The van der Waals surface area contributed by atoms with Gasteiger partial charge in [-0.25, -0.2) is 4.98 Å². The standard InChI is InChI=1S/C9H8N2O3S.Na/c12-15(13)6-3-7-8(5-1-2-5)11-14-9(7)10-4-6;/h3-5H,1-2H2,(H,12,13);/q;+1/p-1. The van der Waals surface area contributed by atoms with Crippen molar-refractivity contribution in [3.8, 4) is 0 Å². The third-order valence-electron chi connectivity index (χ3n) is 2.49. The smallest absolute Gasteiger partial charge is 0.768 e. The predicted molar refractivity (Wildman–Crippen MR) is 51.0 cm³/mol. The van der Waals surface area contributed by atoms with Crippen molar-refractivity contribution < 1.29 is 42.8 Å². The summed E-state index contributed by atoms with van der Waals surface area (Å²) in [5.41, 5.74) is 1.25. The fraction of sp³-hybridized carbons (Fsp3) is 0.333. The van der Waals surface area contributed by atoms with Gasteiger partial charge in [-0.15, -0.1) is 0 Å². The number of hydrogen-bond donors (Lipinski definition) is 0. The molecule has 7 heteroatoms. The summed E-state index contributed by atoms with van der Waals surface area (Å²) in [6.07, 6.45) is 3.45. The molecule has 78 valence electrons. The minimum absolute atomic E-state index is 0. The second kappa shape index (κ2) is 4.54. The molecule has 2 aromatic heterocycles. The van der Waals surface area contributed by atoms with Crippen LogP contribution in [0.3, 0.4) is 0 Å². The molecule has 3 rings (SSSR count). The van der Waals surface area contributed by atoms with Gasteiger partial charge in [-0.05, 0) is 30.0 Å². The average molecular weight is 246 g/mol. The Hall–Kier alpha value is -0.270. The average Bonchev–Trinajstić information content (AvgIpc) is 2.98. The molecule has 1 aliphatic carbocycles. The van der Waals surface area contributed by atoms with Gasteiger partial charge >= 0.3 is 29.6 Å². The molecule has 0 spiro atoms. The minimum Gasteiger partial charge on any atom is -0.768 e. The number of fused-ring (bicyclic) bond motifs is 1. The molecule has 2 heterocycles. The maximum absolute atomic E-state index is 10.8. The topological polar surface area (TPSA) is 79.0 Å². The van der Waals surface area contributed by atoms with Gasteiger partial charge in [0.05, 0.1) is 11.1 Å². The van der Waals surface area contributed by atoms with Crippen molar-refractivity contribution in [2.45, 2.75) is 23.7 Å². The van der Waals surface area contributed by atoms with Crippen molar-refractivity contribution >= 4 is 22.2 Å². The van der Waals surface area contributed by atoms with Crippen molar-refractivity contribution in [1.82, 2.24) is 10.1 Å². The molecule has 0 radical (unpaired) electrons. The van der Waals surface area contributed by atoms with E-state index >= 15 is 0 Å². The van der Waals surface area contributed by atoms with Crippen LogP contribution >= 0.6 is 0 Å². The summed E-state index contributed by atoms with van der Waals surface area (Å²) in [5.74, 6) is 0.420. The molecule has 1 atom stereocenters. The number of nitrogens with zero attached hydrogens (tertiary/aromatic N) is 2. The molecule has 1 aliphatic rings. The molecule has 1 unspecified atom stereocenters. The molecule has 0 amide bonds. The summed E-state index contributed by atoms with van der Waals surface area (Å²) in [6, 6.07) is 1.57. The molecule has 0 N–H and O–H groups in total. The van der Waals surface area contributed by atoms with Crippen LogP contribution in [0, 0.1) is 0 Å². The quantitative estimate of drug-likeness (QED) is 0.468. The van der Waals surface area contributed by atoms with Gasteiger partial charge in [-0.2, -0.15) is 0 Å². The zero-order valence-electron chi connectivity index (χ0n) is 8.67. The van der Waals surface area contributed by atoms with Gasteiger partial charge in [0.25, 0.3) is 5.71 Å². The third kappa shape index (κ3) is 2.08. The van der Waals surface area contributed by atoms with Crippen LogP contribution in [0.2, 0.25) is 0 Å². The van der Waals surface area contributed by atoms with Crippen LogP contribution in [-0.2, 0) is 11.1 Å². The summed E-state index contributed by atoms with van der Waals surface area (Å²) in [7, 11) is 0. The van der Waals surface area contributed by atoms with Gasteiger partial charge in [0.1, 0.15) is 0 Å². The van der Waals surface area contributed by atoms with Crippen LogP contribution in [0.25, 0.3) is 11.1 Å². The van der Waals surface area contributed by atoms with Gasteiger partial charge in [-0.1, -0.05) is 5.16 Å². The van der Waals surface area contributed by atoms with Crippen molar-refractivity contribution in [1.29, 1.82) is 0 Å². The van der Waals surface area contributed by atoms with Gasteiger partial charge in [0.2, 0.25) is 0 Å². The monoisotopic (exact) mass is 246 g/mol. The number of rotatable bonds is 2. The molecule has 0 bridgehead atoms. The molecule has 1 saturated carbocycles. The number of pyridine rings is 1. The van der Waals surface area contributed by atoms with E-state index in [0.29, 0.717) is 11.6 Å². The van der Waals surface area contributed by atoms with Crippen molar-refractivity contribution in [2.75, 3.05) is 0 Å². The van der Waals surface area contributed by atoms with Crippen LogP contribution in [0.4, 0.5) is 0 Å². The van der Waals surface area contributed by atoms with Crippen LogP contribution in [0.5, 0.6) is 0 Å². The van der Waals surface area contributed by atoms with Gasteiger partial charge < -0.3 is 9.08 Å². The summed E-state index contributed by atoms with van der Waals surface area (Å²) >= 11 is -2.25. The fourth-order valence-corrected chi connectivity index (χ4v) is 1.93. The maximum Gasteiger partial charge on any atom is 1.00 e. The van der Waals surface area contributed by atoms with E-state index in [0.717, 1.165) is 23.9 Å². The summed E-state index contributed by atoms with van der Waals surface area (Å²) in [5, 5.41) is 4.64. The molecule has 0 saturated heterocycles. The van der Waals surface area contributed by atoms with Gasteiger partial charge in [0, 0.05) is 17.0 Å². The zero-order valence-corrected chi connectivity index (χ0v) is 11.5. The fourth-order valence-electron chi connectivity index (χ4n) is 1.57. The third-order valence-corrected chi connectivity index (χ3v) is 3.10. The van der Waals surface area contributed by atoms with Crippen LogP contribution in [0.15, 0.2) is 21.7 Å². The van der Waals surface area contributed by atoms with Crippen molar-refractivity contribution in [3.63, 3.8) is 0 Å². The molecule has 16 heavy (non-hydrogen) atoms. The Balaban J connectivity index is 0.000000963. The van der Waals surface area contributed by atoms with E-state index in [1.807, 2.05) is 0 Å². The van der Waals surface area contributed by atoms with E-state index in [9.17, 15) is 8.76 Å². The second-order valence-corrected chi connectivity index (χ2v) is 4.54. The van der Waals surface area contributed by atoms with Crippen LogP contribution in [-0.4, -0.2) is 18.9 Å². The number of hydrogen-bond acceptors (Lipinski definition) is 5. The Morgan fingerprint density at radius 2 is 2.25 bits per heavy atom. The van der Waals surface area contributed by atoms with E-state index in [1.54, 1.807) is 6.07 Å². The normalized spacial score (nSPS) is 17.1. The van der Waals surface area contributed by atoms with E-state index < -0.39 is 11.1 Å². The molecule has 5 nitrogen and oxygen atoms in total. The zero-order chi connectivity index (χ0) is 10.4. The van der Waals surface area contributed by atoms with Crippen LogP contribution in [0.1, 0.15) is 24.5 Å². The Morgan fingerprint density at radius 1 is 1.50 bits per heavy atom. The van der Waals surface area contributed by atoms with E-state index in [1.165, 1.54) is 6.20 Å². The summed E-state index contributed by atoms with van der Waals surface area (Å²) < 4.78 is 26.6. The Morgan fingerprint density at radius 3 is 2.88 bits per heavy atom. The van der Waals surface area contributed by atoms with E-state index in [2.05, 4.69) is 10.1 Å². The Labute approximate surface area is 116 Å². The van der Waals surface area contributed by atoms with Crippen molar-refractivity contribution in [2.24, 2.45) is 0 Å². The molecule has 0 aromatic carbocycles. The predicted octanol–water partition coefficient (Wildman–Crippen LogP) is -1.66. The molecular weight excluding hydrogens is 239 g/mol. The Kier molecular flexibility index (Phi) is 3.46. The first-order valence-electron chi connectivity index (χ1n) is 4.60. The maximum atomic E-state index is 10.8. The molecular formula is C9H7N2NaO3S. The Bertz CT molecular complexity index is 553. The van der Waals surface area contributed by atoms with Crippen LogP contribution < -0.4 is 29.6 Å². The SMILES string of the molecule is O=S([O-])c1cnc2onc(C3CC3)c2c1.[Na+]. The number of aromatic nitrogens is 2. The first-order valence-corrected chi connectivity index (χ1v) is 5.68. The first-order chi connectivity index (χ1) is 7.25. The van der Waals surface area contributed by atoms with Crippen molar-refractivity contribution in [3.05, 3.63) is 18.0 Å². The second-order valence-electron chi connectivity index (χ2n) is 3.60. The largest absolute Gasteiger partial charge is 1.00 e. The molecule has 2 aromatic rings. The van der Waals surface area contributed by atoms with Gasteiger partial charge in [-0.3, -0.25) is 4.21 Å².